The van der Waals surface area contributed by atoms with Gasteiger partial charge in [0.1, 0.15) is 35.5 Å². The summed E-state index contributed by atoms with van der Waals surface area (Å²) in [5.74, 6) is -2.32. The Morgan fingerprint density at radius 2 is 1.43 bits per heavy atom. The smallest absolute Gasteiger partial charge is 0.408 e. The predicted molar refractivity (Wildman–Crippen MR) is 171 cm³/mol. The number of rotatable bonds is 16. The maximum absolute atomic E-state index is 13.1. The fourth-order valence-electron chi connectivity index (χ4n) is 3.79. The van der Waals surface area contributed by atoms with Gasteiger partial charge in [-0.05, 0) is 65.7 Å². The van der Waals surface area contributed by atoms with E-state index in [4.69, 9.17) is 4.74 Å². The summed E-state index contributed by atoms with van der Waals surface area (Å²) in [5.41, 5.74) is -0.175. The van der Waals surface area contributed by atoms with Crippen LogP contribution in [0.2, 0.25) is 0 Å². The Hall–Kier alpha value is -4.73. The molecule has 252 valence electrons. The van der Waals surface area contributed by atoms with Crippen molar-refractivity contribution in [2.45, 2.75) is 84.2 Å². The summed E-state index contributed by atoms with van der Waals surface area (Å²) in [5, 5.41) is 26.0. The van der Waals surface area contributed by atoms with E-state index < -0.39 is 59.5 Å². The molecular weight excluding hydrogens is 618 g/mol. The van der Waals surface area contributed by atoms with Gasteiger partial charge in [0, 0.05) is 19.5 Å². The number of carbonyl (C=O) groups excluding carboxylic acids is 6. The van der Waals surface area contributed by atoms with Crippen molar-refractivity contribution in [3.8, 4) is 5.75 Å². The number of alkyl carbamates (subject to hydrolysis) is 1. The van der Waals surface area contributed by atoms with Crippen LogP contribution in [0, 0.1) is 0 Å². The van der Waals surface area contributed by atoms with Gasteiger partial charge < -0.3 is 41.7 Å². The van der Waals surface area contributed by atoms with Crippen molar-refractivity contribution in [2.24, 2.45) is 0 Å². The number of amides is 5. The lowest BCUT2D eigenvalue weighted by atomic mass is 10.0. The highest BCUT2D eigenvalue weighted by molar-refractivity contribution is 7.17. The van der Waals surface area contributed by atoms with Crippen LogP contribution in [0.25, 0.3) is 0 Å². The molecule has 0 radical (unpaired) electrons. The van der Waals surface area contributed by atoms with E-state index >= 15 is 0 Å². The van der Waals surface area contributed by atoms with Gasteiger partial charge in [-0.1, -0.05) is 23.5 Å². The summed E-state index contributed by atoms with van der Waals surface area (Å²) in [4.78, 5) is 78.7. The maximum Gasteiger partial charge on any atom is 0.408 e. The lowest BCUT2D eigenvalue weighted by Gasteiger charge is -2.25. The molecule has 1 aromatic carbocycles. The number of aromatic hydroxyl groups is 1. The summed E-state index contributed by atoms with van der Waals surface area (Å²) >= 11 is 1.22. The molecular formula is C30H43N7O8S. The minimum absolute atomic E-state index is 0.0378. The molecule has 5 amide bonds. The summed E-state index contributed by atoms with van der Waals surface area (Å²) < 4.78 is 5.27. The van der Waals surface area contributed by atoms with Crippen LogP contribution in [0.4, 0.5) is 9.93 Å². The number of carbonyl (C=O) groups is 6. The zero-order valence-electron chi connectivity index (χ0n) is 26.8. The van der Waals surface area contributed by atoms with Crippen LogP contribution in [-0.2, 0) is 30.3 Å². The Morgan fingerprint density at radius 1 is 0.870 bits per heavy atom. The molecule has 4 atom stereocenters. The fourth-order valence-corrected chi connectivity index (χ4v) is 4.44. The number of aromatic nitrogens is 1. The van der Waals surface area contributed by atoms with E-state index in [0.717, 1.165) is 6.29 Å². The van der Waals surface area contributed by atoms with Crippen LogP contribution < -0.4 is 31.9 Å². The van der Waals surface area contributed by atoms with Crippen molar-refractivity contribution >= 4 is 52.5 Å². The SMILES string of the molecule is CC(NC(=O)[C@H](C)NC(=O)[C@H](C)NC(=O)[C@H](Cc1ccc(O)cc1)NC(=O)OC(C)(C)C)C(=O)NCCCNc1ncc(C=O)s1. The molecule has 0 aliphatic carbocycles. The molecule has 0 bridgehead atoms. The van der Waals surface area contributed by atoms with E-state index in [1.807, 2.05) is 0 Å². The van der Waals surface area contributed by atoms with Crippen LogP contribution >= 0.6 is 11.3 Å². The van der Waals surface area contributed by atoms with Gasteiger partial charge in [-0.25, -0.2) is 9.78 Å². The molecule has 7 N–H and O–H groups in total. The van der Waals surface area contributed by atoms with Gasteiger partial charge in [0.15, 0.2) is 11.4 Å². The van der Waals surface area contributed by atoms with Gasteiger partial charge in [0.25, 0.3) is 0 Å². The first-order valence-corrected chi connectivity index (χ1v) is 15.5. The zero-order chi connectivity index (χ0) is 34.4. The number of hydrogen-bond acceptors (Lipinski definition) is 11. The molecule has 2 rings (SSSR count). The second kappa shape index (κ2) is 17.7. The molecule has 46 heavy (non-hydrogen) atoms. The fraction of sp³-hybridized carbons (Fsp3) is 0.500. The third-order valence-electron chi connectivity index (χ3n) is 6.21. The van der Waals surface area contributed by atoms with E-state index in [-0.39, 0.29) is 12.2 Å². The van der Waals surface area contributed by atoms with Crippen LogP contribution in [0.5, 0.6) is 5.75 Å². The summed E-state index contributed by atoms with van der Waals surface area (Å²) in [6.07, 6.45) is 1.98. The Labute approximate surface area is 271 Å². The van der Waals surface area contributed by atoms with E-state index in [1.54, 1.807) is 32.9 Å². The summed E-state index contributed by atoms with van der Waals surface area (Å²) in [6, 6.07) is 1.96. The van der Waals surface area contributed by atoms with E-state index in [9.17, 15) is 33.9 Å². The first-order chi connectivity index (χ1) is 21.6. The molecule has 15 nitrogen and oxygen atoms in total. The first kappa shape index (κ1) is 37.5. The first-order valence-electron chi connectivity index (χ1n) is 14.7. The quantitative estimate of drug-likeness (QED) is 0.101. The molecule has 0 spiro atoms. The largest absolute Gasteiger partial charge is 0.508 e. The highest BCUT2D eigenvalue weighted by atomic mass is 32.1. The van der Waals surface area contributed by atoms with Crippen molar-refractivity contribution in [3.05, 3.63) is 40.9 Å². The predicted octanol–water partition coefficient (Wildman–Crippen LogP) is 1.23. The van der Waals surface area contributed by atoms with Crippen LogP contribution in [-0.4, -0.2) is 89.0 Å². The van der Waals surface area contributed by atoms with Crippen LogP contribution in [0.15, 0.2) is 30.5 Å². The average Bonchev–Trinajstić information content (AvgIpc) is 3.44. The molecule has 0 fully saturated rings. The topological polar surface area (TPSA) is 217 Å². The van der Waals surface area contributed by atoms with E-state index in [0.29, 0.717) is 35.1 Å². The number of ether oxygens (including phenoxy) is 1. The Bertz CT molecular complexity index is 1360. The van der Waals surface area contributed by atoms with Crippen molar-refractivity contribution < 1.29 is 38.6 Å². The normalized spacial score (nSPS) is 13.6. The lowest BCUT2D eigenvalue weighted by molar-refractivity contribution is -0.133. The zero-order valence-corrected chi connectivity index (χ0v) is 27.6. The number of benzene rings is 1. The van der Waals surface area contributed by atoms with Gasteiger partial charge in [0.2, 0.25) is 23.6 Å². The van der Waals surface area contributed by atoms with Gasteiger partial charge >= 0.3 is 6.09 Å². The molecule has 1 unspecified atom stereocenters. The van der Waals surface area contributed by atoms with Crippen molar-refractivity contribution in [1.29, 1.82) is 0 Å². The number of nitrogens with zero attached hydrogens (tertiary/aromatic N) is 1. The van der Waals surface area contributed by atoms with Crippen molar-refractivity contribution in [1.82, 2.24) is 31.6 Å². The van der Waals surface area contributed by atoms with Crippen molar-refractivity contribution in [3.63, 3.8) is 0 Å². The van der Waals surface area contributed by atoms with Gasteiger partial charge in [0.05, 0.1) is 11.1 Å². The third kappa shape index (κ3) is 13.5. The van der Waals surface area contributed by atoms with Gasteiger partial charge in [-0.2, -0.15) is 0 Å². The third-order valence-corrected chi connectivity index (χ3v) is 7.09. The monoisotopic (exact) mass is 661 g/mol. The average molecular weight is 662 g/mol. The molecule has 2 aromatic rings. The van der Waals surface area contributed by atoms with Crippen LogP contribution in [0.3, 0.4) is 0 Å². The number of anilines is 1. The lowest BCUT2D eigenvalue weighted by Crippen LogP contribution is -2.57. The van der Waals surface area contributed by atoms with Gasteiger partial charge in [-0.3, -0.25) is 24.0 Å². The number of phenols is 1. The Morgan fingerprint density at radius 3 is 1.98 bits per heavy atom. The summed E-state index contributed by atoms with van der Waals surface area (Å²) in [6.45, 7) is 10.2. The molecule has 1 heterocycles. The minimum atomic E-state index is -1.12. The molecule has 0 saturated heterocycles. The minimum Gasteiger partial charge on any atom is -0.508 e. The molecule has 1 aromatic heterocycles. The molecule has 16 heteroatoms. The number of nitrogens with one attached hydrogen (secondary N) is 6. The van der Waals surface area contributed by atoms with E-state index in [2.05, 4.69) is 36.9 Å². The maximum atomic E-state index is 13.1. The second-order valence-corrected chi connectivity index (χ2v) is 12.6. The number of hydrogen-bond donors (Lipinski definition) is 7. The van der Waals surface area contributed by atoms with Crippen molar-refractivity contribution in [2.75, 3.05) is 18.4 Å². The highest BCUT2D eigenvalue weighted by Gasteiger charge is 2.28. The molecule has 0 aliphatic rings. The number of aldehydes is 1. The standard InChI is InChI=1S/C30H43N7O8S/c1-17(24(40)31-12-7-13-32-28-33-15-22(16-38)46-28)34-25(41)18(2)35-26(42)19(3)36-27(43)23(37-29(44)45-30(4,5)6)14-20-8-10-21(39)11-9-20/h8-11,15-19,23,39H,7,12-14H2,1-6H3,(H,31,40)(H,32,33)(H,34,41)(H,35,42)(H,36,43)(H,37,44)/t17?,18-,19-,23-/m0/s1. The molecule has 0 aliphatic heterocycles. The molecule has 0 saturated carbocycles. The Balaban J connectivity index is 1.83. The van der Waals surface area contributed by atoms with Gasteiger partial charge in [-0.15, -0.1) is 0 Å². The summed E-state index contributed by atoms with van der Waals surface area (Å²) in [7, 11) is 0. The second-order valence-electron chi connectivity index (χ2n) is 11.5. The Kier molecular flexibility index (Phi) is 14.4. The van der Waals surface area contributed by atoms with Crippen LogP contribution in [0.1, 0.15) is 63.2 Å². The highest BCUT2D eigenvalue weighted by Crippen LogP contribution is 2.16. The number of phenolic OH excluding ortho intramolecular Hbond substituents is 1. The number of thiazole rings is 1. The van der Waals surface area contributed by atoms with E-state index in [1.165, 1.54) is 50.4 Å².